The topological polar surface area (TPSA) is 138 Å². The van der Waals surface area contributed by atoms with Gasteiger partial charge < -0.3 is 24.3 Å². The zero-order valence-corrected chi connectivity index (χ0v) is 24.2. The standard InChI is InChI=1S/C26H33ClFN3O8S/c1-26(2,3)39-25(35)29-18(9-10-40-4)23(33)37-14-20-19(36-13-15-5-7-16(27)8-6-15)11-21(38-20)31-12-17(28)22(32)30-24(31)34/h5-8,12,18-21H,9-11,13-14H2,1-4H3,(H,29,35)(H,30,32,34)/t18-,19-,20+,21+/m0/s1. The van der Waals surface area contributed by atoms with Crippen molar-refractivity contribution in [2.45, 2.75) is 70.3 Å². The van der Waals surface area contributed by atoms with E-state index in [0.717, 1.165) is 16.3 Å². The molecule has 1 aliphatic rings. The normalized spacial score (nSPS) is 19.7. The quantitative estimate of drug-likeness (QED) is 0.371. The van der Waals surface area contributed by atoms with Crippen LogP contribution in [0.15, 0.2) is 40.1 Å². The maximum Gasteiger partial charge on any atom is 0.408 e. The Bertz CT molecular complexity index is 1280. The van der Waals surface area contributed by atoms with Gasteiger partial charge in [-0.2, -0.15) is 16.2 Å². The lowest BCUT2D eigenvalue weighted by Gasteiger charge is -2.24. The van der Waals surface area contributed by atoms with Crippen LogP contribution in [0, 0.1) is 5.82 Å². The fourth-order valence-corrected chi connectivity index (χ4v) is 4.45. The van der Waals surface area contributed by atoms with Crippen LogP contribution in [0.1, 0.15) is 45.4 Å². The van der Waals surface area contributed by atoms with Gasteiger partial charge in [0.1, 0.15) is 30.6 Å². The molecule has 1 aromatic carbocycles. The van der Waals surface area contributed by atoms with Gasteiger partial charge in [0.25, 0.3) is 5.56 Å². The minimum absolute atomic E-state index is 0.104. The summed E-state index contributed by atoms with van der Waals surface area (Å²) in [6, 6.07) is 6.02. The van der Waals surface area contributed by atoms with Gasteiger partial charge in [-0.25, -0.2) is 14.4 Å². The summed E-state index contributed by atoms with van der Waals surface area (Å²) in [7, 11) is 0. The predicted molar refractivity (Wildman–Crippen MR) is 147 cm³/mol. The number of aromatic amines is 1. The van der Waals surface area contributed by atoms with E-state index in [1.165, 1.54) is 11.8 Å². The minimum atomic E-state index is -1.15. The van der Waals surface area contributed by atoms with Crippen LogP contribution in [0.25, 0.3) is 0 Å². The van der Waals surface area contributed by atoms with Gasteiger partial charge in [-0.15, -0.1) is 0 Å². The lowest BCUT2D eigenvalue weighted by Crippen LogP contribution is -2.45. The van der Waals surface area contributed by atoms with Crippen molar-refractivity contribution in [2.75, 3.05) is 18.6 Å². The first kappa shape index (κ1) is 31.7. The maximum atomic E-state index is 13.9. The lowest BCUT2D eigenvalue weighted by molar-refractivity contribution is -0.153. The number of nitrogens with one attached hydrogen (secondary N) is 2. The Morgan fingerprint density at radius 1 is 1.27 bits per heavy atom. The second-order valence-corrected chi connectivity index (χ2v) is 11.5. The number of H-pyrrole nitrogens is 1. The number of aromatic nitrogens is 2. The molecule has 0 saturated carbocycles. The Kier molecular flexibility index (Phi) is 11.2. The molecule has 0 aliphatic carbocycles. The molecule has 0 unspecified atom stereocenters. The molecule has 2 aromatic rings. The highest BCUT2D eigenvalue weighted by atomic mass is 35.5. The highest BCUT2D eigenvalue weighted by Crippen LogP contribution is 2.31. The number of rotatable bonds is 11. The molecule has 40 heavy (non-hydrogen) atoms. The van der Waals surface area contributed by atoms with E-state index in [9.17, 15) is 23.6 Å². The van der Waals surface area contributed by atoms with Crippen molar-refractivity contribution in [3.05, 3.63) is 67.7 Å². The van der Waals surface area contributed by atoms with E-state index in [-0.39, 0.29) is 19.6 Å². The molecule has 1 saturated heterocycles. The monoisotopic (exact) mass is 601 g/mol. The van der Waals surface area contributed by atoms with Crippen LogP contribution in [-0.2, 0) is 30.3 Å². The van der Waals surface area contributed by atoms with E-state index in [1.807, 2.05) is 11.2 Å². The number of ether oxygens (including phenoxy) is 4. The van der Waals surface area contributed by atoms with Crippen molar-refractivity contribution in [1.82, 2.24) is 14.9 Å². The molecule has 2 heterocycles. The number of alkyl carbamates (subject to hydrolysis) is 1. The van der Waals surface area contributed by atoms with Crippen molar-refractivity contribution in [1.29, 1.82) is 0 Å². The van der Waals surface area contributed by atoms with Crippen molar-refractivity contribution in [2.24, 2.45) is 0 Å². The summed E-state index contributed by atoms with van der Waals surface area (Å²) in [5, 5.41) is 3.11. The summed E-state index contributed by atoms with van der Waals surface area (Å²) in [5.74, 6) is -1.28. The first-order valence-corrected chi connectivity index (χ1v) is 14.3. The Morgan fingerprint density at radius 2 is 1.98 bits per heavy atom. The summed E-state index contributed by atoms with van der Waals surface area (Å²) in [6.07, 6.45) is -0.221. The summed E-state index contributed by atoms with van der Waals surface area (Å²) in [4.78, 5) is 50.9. The van der Waals surface area contributed by atoms with E-state index < -0.39 is 59.2 Å². The second-order valence-electron chi connectivity index (χ2n) is 10.1. The maximum absolute atomic E-state index is 13.9. The number of carbonyl (C=O) groups is 2. The van der Waals surface area contributed by atoms with Crippen molar-refractivity contribution < 1.29 is 32.9 Å². The van der Waals surface area contributed by atoms with Gasteiger partial charge in [-0.3, -0.25) is 14.3 Å². The summed E-state index contributed by atoms with van der Waals surface area (Å²) < 4.78 is 37.6. The number of amides is 1. The van der Waals surface area contributed by atoms with Gasteiger partial charge in [0.2, 0.25) is 5.82 Å². The molecule has 220 valence electrons. The van der Waals surface area contributed by atoms with Crippen molar-refractivity contribution in [3.63, 3.8) is 0 Å². The van der Waals surface area contributed by atoms with Crippen LogP contribution in [0.4, 0.5) is 9.18 Å². The predicted octanol–water partition coefficient (Wildman–Crippen LogP) is 3.39. The highest BCUT2D eigenvalue weighted by Gasteiger charge is 2.39. The number of carbonyl (C=O) groups excluding carboxylic acids is 2. The van der Waals surface area contributed by atoms with Crippen molar-refractivity contribution in [3.8, 4) is 0 Å². The third-order valence-electron chi connectivity index (χ3n) is 5.77. The molecule has 1 aliphatic heterocycles. The molecule has 1 amide bonds. The number of halogens is 2. The van der Waals surface area contributed by atoms with E-state index in [0.29, 0.717) is 17.2 Å². The summed E-state index contributed by atoms with van der Waals surface area (Å²) >= 11 is 7.44. The molecule has 1 aromatic heterocycles. The van der Waals surface area contributed by atoms with Gasteiger partial charge in [0, 0.05) is 11.4 Å². The van der Waals surface area contributed by atoms with Crippen molar-refractivity contribution >= 4 is 35.4 Å². The Hall–Kier alpha value is -2.87. The zero-order chi connectivity index (χ0) is 29.4. The highest BCUT2D eigenvalue weighted by molar-refractivity contribution is 7.98. The van der Waals surface area contributed by atoms with Gasteiger partial charge in [0.15, 0.2) is 0 Å². The van der Waals surface area contributed by atoms with Crippen LogP contribution in [0.2, 0.25) is 5.02 Å². The third-order valence-corrected chi connectivity index (χ3v) is 6.66. The fourth-order valence-electron chi connectivity index (χ4n) is 3.85. The van der Waals surface area contributed by atoms with E-state index in [4.69, 9.17) is 30.5 Å². The molecule has 3 rings (SSSR count). The molecule has 0 radical (unpaired) electrons. The summed E-state index contributed by atoms with van der Waals surface area (Å²) in [5.41, 5.74) is -1.94. The molecule has 14 heteroatoms. The average Bonchev–Trinajstić information content (AvgIpc) is 3.28. The van der Waals surface area contributed by atoms with Gasteiger partial charge in [0.05, 0.1) is 18.9 Å². The molecule has 0 spiro atoms. The smallest absolute Gasteiger partial charge is 0.408 e. The number of nitrogens with zero attached hydrogens (tertiary/aromatic N) is 1. The Labute approximate surface area is 239 Å². The van der Waals surface area contributed by atoms with E-state index in [2.05, 4.69) is 5.32 Å². The van der Waals surface area contributed by atoms with Gasteiger partial charge >= 0.3 is 17.8 Å². The number of hydrogen-bond acceptors (Lipinski definition) is 9. The van der Waals surface area contributed by atoms with Crippen LogP contribution in [0.5, 0.6) is 0 Å². The second kappa shape index (κ2) is 14.2. The average molecular weight is 602 g/mol. The molecular weight excluding hydrogens is 569 g/mol. The molecule has 1 fully saturated rings. The molecule has 0 bridgehead atoms. The minimum Gasteiger partial charge on any atom is -0.461 e. The number of thioether (sulfide) groups is 1. The van der Waals surface area contributed by atoms with Crippen LogP contribution >= 0.6 is 23.4 Å². The van der Waals surface area contributed by atoms with E-state index in [1.54, 1.807) is 45.0 Å². The molecular formula is C26H33ClFN3O8S. The van der Waals surface area contributed by atoms with Gasteiger partial charge in [-0.1, -0.05) is 23.7 Å². The Morgan fingerprint density at radius 3 is 2.62 bits per heavy atom. The summed E-state index contributed by atoms with van der Waals surface area (Å²) in [6.45, 7) is 5.01. The lowest BCUT2D eigenvalue weighted by atomic mass is 10.1. The largest absolute Gasteiger partial charge is 0.461 e. The van der Waals surface area contributed by atoms with Crippen LogP contribution in [-0.4, -0.2) is 64.1 Å². The first-order chi connectivity index (χ1) is 18.9. The Balaban J connectivity index is 1.73. The first-order valence-electron chi connectivity index (χ1n) is 12.5. The zero-order valence-electron chi connectivity index (χ0n) is 22.6. The SMILES string of the molecule is CSCC[C@H](NC(=O)OC(C)(C)C)C(=O)OC[C@H]1O[C@@H](n2cc(F)c(=O)[nH]c2=O)C[C@@H]1OCc1ccc(Cl)cc1. The molecule has 11 nitrogen and oxygen atoms in total. The third kappa shape index (κ3) is 9.36. The van der Waals surface area contributed by atoms with Crippen LogP contribution < -0.4 is 16.6 Å². The van der Waals surface area contributed by atoms with Gasteiger partial charge in [-0.05, 0) is 56.9 Å². The van der Waals surface area contributed by atoms with Crippen LogP contribution in [0.3, 0.4) is 0 Å². The number of esters is 1. The number of hydrogen-bond donors (Lipinski definition) is 2. The fraction of sp³-hybridized carbons (Fsp3) is 0.538. The molecule has 2 N–H and O–H groups in total. The van der Waals surface area contributed by atoms with E-state index >= 15 is 0 Å². The number of benzene rings is 1. The molecule has 4 atom stereocenters.